The zero-order valence-electron chi connectivity index (χ0n) is 9.17. The topological polar surface area (TPSA) is 32.6 Å². The van der Waals surface area contributed by atoms with E-state index in [1.807, 2.05) is 0 Å². The first-order valence-corrected chi connectivity index (χ1v) is 4.77. The molecule has 0 fully saturated rings. The Kier molecular flexibility index (Phi) is 5.44. The summed E-state index contributed by atoms with van der Waals surface area (Å²) in [6, 6.07) is 0. The molecule has 0 spiro atoms. The molecule has 0 saturated heterocycles. The maximum atomic E-state index is 8.30. The van der Waals surface area contributed by atoms with E-state index in [-0.39, 0.29) is 5.41 Å². The Bertz CT molecular complexity index is 188. The molecule has 0 aromatic rings. The molecule has 0 heterocycles. The van der Waals surface area contributed by atoms with Crippen LogP contribution in [0.1, 0.15) is 47.0 Å². The third-order valence-electron chi connectivity index (χ3n) is 2.10. The minimum absolute atomic E-state index is 0.234. The fourth-order valence-electron chi connectivity index (χ4n) is 1.14. The lowest BCUT2D eigenvalue weighted by molar-refractivity contribution is 0.310. The molecule has 0 aromatic heterocycles. The Labute approximate surface area is 81.3 Å². The average Bonchev–Trinajstić information content (AvgIpc) is 2.00. The minimum Gasteiger partial charge on any atom is -0.411 e. The van der Waals surface area contributed by atoms with Gasteiger partial charge in [-0.3, -0.25) is 0 Å². The maximum Gasteiger partial charge on any atom is 0.0441 e. The summed E-state index contributed by atoms with van der Waals surface area (Å²) in [4.78, 5) is 0. The molecule has 0 aliphatic rings. The van der Waals surface area contributed by atoms with Crippen molar-refractivity contribution in [2.75, 3.05) is 0 Å². The molecule has 0 unspecified atom stereocenters. The van der Waals surface area contributed by atoms with Gasteiger partial charge in [-0.15, -0.1) is 5.16 Å². The van der Waals surface area contributed by atoms with Gasteiger partial charge in [-0.05, 0) is 38.5 Å². The summed E-state index contributed by atoms with van der Waals surface area (Å²) in [5.74, 6) is 0. The third-order valence-corrected chi connectivity index (χ3v) is 2.10. The summed E-state index contributed by atoms with van der Waals surface area (Å²) in [5.41, 5.74) is 1.60. The SMILES string of the molecule is CC(C)=CCCC(C)(C)CC=NO. The molecule has 0 saturated carbocycles. The summed E-state index contributed by atoms with van der Waals surface area (Å²) in [7, 11) is 0. The van der Waals surface area contributed by atoms with Crippen molar-refractivity contribution in [1.82, 2.24) is 0 Å². The molecule has 1 N–H and O–H groups in total. The van der Waals surface area contributed by atoms with Gasteiger partial charge in [0.2, 0.25) is 0 Å². The lowest BCUT2D eigenvalue weighted by Crippen LogP contribution is -2.11. The van der Waals surface area contributed by atoms with E-state index in [2.05, 4.69) is 38.9 Å². The van der Waals surface area contributed by atoms with E-state index in [1.165, 1.54) is 5.57 Å². The van der Waals surface area contributed by atoms with Crippen molar-refractivity contribution in [3.8, 4) is 0 Å². The second kappa shape index (κ2) is 5.79. The van der Waals surface area contributed by atoms with Crippen LogP contribution in [-0.4, -0.2) is 11.4 Å². The third kappa shape index (κ3) is 7.57. The highest BCUT2D eigenvalue weighted by atomic mass is 16.4. The summed E-state index contributed by atoms with van der Waals surface area (Å²) in [5, 5.41) is 11.3. The molecule has 0 radical (unpaired) electrons. The van der Waals surface area contributed by atoms with Crippen molar-refractivity contribution in [1.29, 1.82) is 0 Å². The molecule has 2 heteroatoms. The van der Waals surface area contributed by atoms with Crippen LogP contribution in [0.25, 0.3) is 0 Å². The van der Waals surface area contributed by atoms with Crippen LogP contribution < -0.4 is 0 Å². The molecule has 0 aromatic carbocycles. The summed E-state index contributed by atoms with van der Waals surface area (Å²) >= 11 is 0. The van der Waals surface area contributed by atoms with Gasteiger partial charge in [0.25, 0.3) is 0 Å². The van der Waals surface area contributed by atoms with Crippen LogP contribution in [0.3, 0.4) is 0 Å². The first kappa shape index (κ1) is 12.2. The van der Waals surface area contributed by atoms with E-state index < -0.39 is 0 Å². The zero-order valence-corrected chi connectivity index (χ0v) is 9.17. The molecule has 76 valence electrons. The van der Waals surface area contributed by atoms with Crippen molar-refractivity contribution in [2.45, 2.75) is 47.0 Å². The summed E-state index contributed by atoms with van der Waals surface area (Å²) < 4.78 is 0. The smallest absolute Gasteiger partial charge is 0.0441 e. The van der Waals surface area contributed by atoms with Gasteiger partial charge in [0.05, 0.1) is 0 Å². The van der Waals surface area contributed by atoms with E-state index in [4.69, 9.17) is 5.21 Å². The van der Waals surface area contributed by atoms with Gasteiger partial charge in [-0.2, -0.15) is 0 Å². The zero-order chi connectivity index (χ0) is 10.3. The molecule has 0 rings (SSSR count). The van der Waals surface area contributed by atoms with Gasteiger partial charge in [0, 0.05) is 6.21 Å². The molecule has 2 nitrogen and oxygen atoms in total. The van der Waals surface area contributed by atoms with Gasteiger partial charge < -0.3 is 5.21 Å². The van der Waals surface area contributed by atoms with Crippen LogP contribution in [0.15, 0.2) is 16.8 Å². The van der Waals surface area contributed by atoms with Gasteiger partial charge in [0.15, 0.2) is 0 Å². The molecule has 0 bridgehead atoms. The van der Waals surface area contributed by atoms with Gasteiger partial charge in [-0.1, -0.05) is 25.5 Å². The Balaban J connectivity index is 3.81. The standard InChI is InChI=1S/C11H21NO/c1-10(2)6-5-7-11(3,4)8-9-12-13/h6,9,13H,5,7-8H2,1-4H3. The van der Waals surface area contributed by atoms with Crippen molar-refractivity contribution < 1.29 is 5.21 Å². The predicted octanol–water partition coefficient (Wildman–Crippen LogP) is 3.61. The number of allylic oxidation sites excluding steroid dienone is 2. The number of rotatable bonds is 5. The van der Waals surface area contributed by atoms with E-state index in [0.717, 1.165) is 19.3 Å². The maximum absolute atomic E-state index is 8.30. The van der Waals surface area contributed by atoms with Gasteiger partial charge in [0.1, 0.15) is 0 Å². The quantitative estimate of drug-likeness (QED) is 0.300. The van der Waals surface area contributed by atoms with Crippen LogP contribution in [0.4, 0.5) is 0 Å². The molecule has 0 amide bonds. The first-order chi connectivity index (χ1) is 5.98. The molecule has 0 atom stereocenters. The van der Waals surface area contributed by atoms with Crippen LogP contribution in [0.5, 0.6) is 0 Å². The minimum atomic E-state index is 0.234. The van der Waals surface area contributed by atoms with Crippen molar-refractivity contribution in [3.05, 3.63) is 11.6 Å². The van der Waals surface area contributed by atoms with E-state index in [1.54, 1.807) is 6.21 Å². The van der Waals surface area contributed by atoms with Crippen molar-refractivity contribution in [3.63, 3.8) is 0 Å². The van der Waals surface area contributed by atoms with Crippen molar-refractivity contribution in [2.24, 2.45) is 10.6 Å². The number of oxime groups is 1. The van der Waals surface area contributed by atoms with E-state index in [0.29, 0.717) is 0 Å². The fraction of sp³-hybridized carbons (Fsp3) is 0.727. The highest BCUT2D eigenvalue weighted by Crippen LogP contribution is 2.25. The highest BCUT2D eigenvalue weighted by molar-refractivity contribution is 5.57. The second-order valence-electron chi connectivity index (χ2n) is 4.49. The average molecular weight is 183 g/mol. The lowest BCUT2D eigenvalue weighted by Gasteiger charge is -2.21. The molecular formula is C11H21NO. The Hall–Kier alpha value is -0.790. The number of hydrogen-bond donors (Lipinski definition) is 1. The predicted molar refractivity (Wildman–Crippen MR) is 57.3 cm³/mol. The molecule has 0 aliphatic heterocycles. The Morgan fingerprint density at radius 3 is 2.46 bits per heavy atom. The number of hydrogen-bond acceptors (Lipinski definition) is 2. The summed E-state index contributed by atoms with van der Waals surface area (Å²) in [6.45, 7) is 8.60. The van der Waals surface area contributed by atoms with Crippen LogP contribution in [-0.2, 0) is 0 Å². The number of nitrogens with zero attached hydrogens (tertiary/aromatic N) is 1. The molecular weight excluding hydrogens is 162 g/mol. The lowest BCUT2D eigenvalue weighted by atomic mass is 9.85. The Morgan fingerprint density at radius 2 is 2.00 bits per heavy atom. The van der Waals surface area contributed by atoms with Crippen LogP contribution in [0, 0.1) is 5.41 Å². The first-order valence-electron chi connectivity index (χ1n) is 4.77. The fourth-order valence-corrected chi connectivity index (χ4v) is 1.14. The molecule has 13 heavy (non-hydrogen) atoms. The highest BCUT2D eigenvalue weighted by Gasteiger charge is 2.14. The Morgan fingerprint density at radius 1 is 1.38 bits per heavy atom. The van der Waals surface area contributed by atoms with Crippen molar-refractivity contribution >= 4 is 6.21 Å². The van der Waals surface area contributed by atoms with E-state index >= 15 is 0 Å². The summed E-state index contributed by atoms with van der Waals surface area (Å²) in [6.07, 6.45) is 6.89. The van der Waals surface area contributed by atoms with E-state index in [9.17, 15) is 0 Å². The monoisotopic (exact) mass is 183 g/mol. The normalized spacial score (nSPS) is 12.0. The largest absolute Gasteiger partial charge is 0.411 e. The second-order valence-corrected chi connectivity index (χ2v) is 4.49. The van der Waals surface area contributed by atoms with Gasteiger partial charge in [-0.25, -0.2) is 0 Å². The van der Waals surface area contributed by atoms with Crippen LogP contribution in [0.2, 0.25) is 0 Å². The van der Waals surface area contributed by atoms with Gasteiger partial charge >= 0.3 is 0 Å². The van der Waals surface area contributed by atoms with Crippen LogP contribution >= 0.6 is 0 Å². The molecule has 0 aliphatic carbocycles.